The van der Waals surface area contributed by atoms with Gasteiger partial charge in [-0.3, -0.25) is 4.79 Å². The number of hydrogen-bond acceptors (Lipinski definition) is 2. The lowest BCUT2D eigenvalue weighted by Crippen LogP contribution is -2.35. The van der Waals surface area contributed by atoms with E-state index in [1.54, 1.807) is 0 Å². The van der Waals surface area contributed by atoms with Crippen LogP contribution in [0.15, 0.2) is 0 Å². The lowest BCUT2D eigenvalue weighted by Gasteiger charge is -2.22. The summed E-state index contributed by atoms with van der Waals surface area (Å²) in [7, 11) is 0. The second kappa shape index (κ2) is 6.25. The SMILES string of the molecule is CCN(CC)C(=O)C1CCC(N)C1.Cl. The van der Waals surface area contributed by atoms with Gasteiger partial charge in [-0.25, -0.2) is 0 Å². The molecule has 0 aliphatic heterocycles. The van der Waals surface area contributed by atoms with E-state index in [0.717, 1.165) is 32.4 Å². The summed E-state index contributed by atoms with van der Waals surface area (Å²) < 4.78 is 0. The molecular formula is C10H21ClN2O. The summed E-state index contributed by atoms with van der Waals surface area (Å²) in [5, 5.41) is 0. The Kier molecular flexibility index (Phi) is 6.12. The van der Waals surface area contributed by atoms with Crippen LogP contribution in [0.25, 0.3) is 0 Å². The smallest absolute Gasteiger partial charge is 0.225 e. The number of carbonyl (C=O) groups excluding carboxylic acids is 1. The molecule has 3 nitrogen and oxygen atoms in total. The van der Waals surface area contributed by atoms with Crippen molar-refractivity contribution in [3.63, 3.8) is 0 Å². The fraction of sp³-hybridized carbons (Fsp3) is 0.900. The zero-order valence-electron chi connectivity index (χ0n) is 9.03. The Morgan fingerprint density at radius 1 is 1.36 bits per heavy atom. The molecule has 1 rings (SSSR count). The van der Waals surface area contributed by atoms with Crippen LogP contribution in [0.3, 0.4) is 0 Å². The molecule has 14 heavy (non-hydrogen) atoms. The van der Waals surface area contributed by atoms with Crippen LogP contribution in [0.4, 0.5) is 0 Å². The van der Waals surface area contributed by atoms with Crippen LogP contribution in [0, 0.1) is 5.92 Å². The van der Waals surface area contributed by atoms with E-state index in [9.17, 15) is 4.79 Å². The van der Waals surface area contributed by atoms with Crippen molar-refractivity contribution in [2.24, 2.45) is 11.7 Å². The topological polar surface area (TPSA) is 46.3 Å². The first-order chi connectivity index (χ1) is 6.19. The minimum absolute atomic E-state index is 0. The van der Waals surface area contributed by atoms with Crippen molar-refractivity contribution in [3.8, 4) is 0 Å². The van der Waals surface area contributed by atoms with Crippen LogP contribution < -0.4 is 5.73 Å². The van der Waals surface area contributed by atoms with E-state index in [2.05, 4.69) is 0 Å². The molecule has 1 aliphatic rings. The Morgan fingerprint density at radius 3 is 2.29 bits per heavy atom. The standard InChI is InChI=1S/C10H20N2O.ClH/c1-3-12(4-2)10(13)8-5-6-9(11)7-8;/h8-9H,3-7,11H2,1-2H3;1H. The highest BCUT2D eigenvalue weighted by Gasteiger charge is 2.29. The molecule has 4 heteroatoms. The van der Waals surface area contributed by atoms with E-state index >= 15 is 0 Å². The van der Waals surface area contributed by atoms with E-state index < -0.39 is 0 Å². The Bertz CT molecular complexity index is 183. The summed E-state index contributed by atoms with van der Waals surface area (Å²) in [5.74, 6) is 0.507. The highest BCUT2D eigenvalue weighted by molar-refractivity contribution is 5.85. The Hall–Kier alpha value is -0.280. The van der Waals surface area contributed by atoms with Crippen molar-refractivity contribution in [2.45, 2.75) is 39.2 Å². The Morgan fingerprint density at radius 2 is 1.93 bits per heavy atom. The second-order valence-corrected chi connectivity index (χ2v) is 3.78. The zero-order valence-corrected chi connectivity index (χ0v) is 9.85. The van der Waals surface area contributed by atoms with Gasteiger partial charge in [0, 0.05) is 25.0 Å². The number of rotatable bonds is 3. The third kappa shape index (κ3) is 3.14. The van der Waals surface area contributed by atoms with Gasteiger partial charge in [-0.1, -0.05) is 0 Å². The molecule has 1 fully saturated rings. The molecule has 2 atom stereocenters. The number of hydrogen-bond donors (Lipinski definition) is 1. The van der Waals surface area contributed by atoms with Gasteiger partial charge in [0.25, 0.3) is 0 Å². The first-order valence-electron chi connectivity index (χ1n) is 5.23. The molecule has 1 aliphatic carbocycles. The van der Waals surface area contributed by atoms with Crippen LogP contribution in [0.1, 0.15) is 33.1 Å². The van der Waals surface area contributed by atoms with Crippen molar-refractivity contribution in [1.29, 1.82) is 0 Å². The first kappa shape index (κ1) is 13.7. The molecule has 0 heterocycles. The molecule has 0 radical (unpaired) electrons. The van der Waals surface area contributed by atoms with Gasteiger partial charge < -0.3 is 10.6 Å². The molecule has 0 bridgehead atoms. The Balaban J connectivity index is 0.00000169. The van der Waals surface area contributed by atoms with Crippen molar-refractivity contribution >= 4 is 18.3 Å². The molecule has 0 aromatic rings. The normalized spacial score (nSPS) is 25.6. The molecule has 2 unspecified atom stereocenters. The predicted molar refractivity (Wildman–Crippen MR) is 60.5 cm³/mol. The van der Waals surface area contributed by atoms with Gasteiger partial charge in [-0.2, -0.15) is 0 Å². The highest BCUT2D eigenvalue weighted by atomic mass is 35.5. The van der Waals surface area contributed by atoms with Crippen molar-refractivity contribution in [2.75, 3.05) is 13.1 Å². The van der Waals surface area contributed by atoms with Gasteiger partial charge in [0.05, 0.1) is 0 Å². The molecule has 0 aromatic carbocycles. The van der Waals surface area contributed by atoms with E-state index in [-0.39, 0.29) is 24.4 Å². The molecular weight excluding hydrogens is 200 g/mol. The zero-order chi connectivity index (χ0) is 9.84. The lowest BCUT2D eigenvalue weighted by atomic mass is 10.1. The van der Waals surface area contributed by atoms with Crippen LogP contribution in [-0.4, -0.2) is 29.9 Å². The minimum Gasteiger partial charge on any atom is -0.343 e. The molecule has 84 valence electrons. The van der Waals surface area contributed by atoms with E-state index in [0.29, 0.717) is 5.91 Å². The highest BCUT2D eigenvalue weighted by Crippen LogP contribution is 2.25. The Labute approximate surface area is 92.4 Å². The summed E-state index contributed by atoms with van der Waals surface area (Å²) in [4.78, 5) is 13.7. The van der Waals surface area contributed by atoms with Crippen LogP contribution in [0.5, 0.6) is 0 Å². The third-order valence-corrected chi connectivity index (χ3v) is 2.90. The number of halogens is 1. The molecule has 0 aromatic heterocycles. The third-order valence-electron chi connectivity index (χ3n) is 2.90. The summed E-state index contributed by atoms with van der Waals surface area (Å²) >= 11 is 0. The van der Waals surface area contributed by atoms with Gasteiger partial charge in [0.2, 0.25) is 5.91 Å². The maximum atomic E-state index is 11.8. The summed E-state index contributed by atoms with van der Waals surface area (Å²) in [5.41, 5.74) is 5.78. The van der Waals surface area contributed by atoms with E-state index in [4.69, 9.17) is 5.73 Å². The van der Waals surface area contributed by atoms with Crippen molar-refractivity contribution in [1.82, 2.24) is 4.90 Å². The van der Waals surface area contributed by atoms with Gasteiger partial charge in [-0.05, 0) is 33.1 Å². The van der Waals surface area contributed by atoms with Gasteiger partial charge in [-0.15, -0.1) is 12.4 Å². The second-order valence-electron chi connectivity index (χ2n) is 3.78. The average molecular weight is 221 g/mol. The van der Waals surface area contributed by atoms with Crippen molar-refractivity contribution in [3.05, 3.63) is 0 Å². The largest absolute Gasteiger partial charge is 0.343 e. The number of carbonyl (C=O) groups is 1. The molecule has 1 saturated carbocycles. The first-order valence-corrected chi connectivity index (χ1v) is 5.23. The molecule has 2 N–H and O–H groups in total. The average Bonchev–Trinajstić information content (AvgIpc) is 2.54. The maximum absolute atomic E-state index is 11.8. The number of nitrogens with zero attached hydrogens (tertiary/aromatic N) is 1. The molecule has 0 spiro atoms. The quantitative estimate of drug-likeness (QED) is 0.782. The van der Waals surface area contributed by atoms with Gasteiger partial charge >= 0.3 is 0 Å². The van der Waals surface area contributed by atoms with Crippen LogP contribution in [-0.2, 0) is 4.79 Å². The van der Waals surface area contributed by atoms with E-state index in [1.165, 1.54) is 0 Å². The van der Waals surface area contributed by atoms with Crippen LogP contribution >= 0.6 is 12.4 Å². The molecule has 0 saturated heterocycles. The number of amides is 1. The fourth-order valence-corrected chi connectivity index (χ4v) is 2.03. The minimum atomic E-state index is 0. The van der Waals surface area contributed by atoms with Gasteiger partial charge in [0.1, 0.15) is 0 Å². The summed E-state index contributed by atoms with van der Waals surface area (Å²) in [6.07, 6.45) is 2.88. The predicted octanol–water partition coefficient (Wildman–Crippen LogP) is 1.40. The molecule has 1 amide bonds. The fourth-order valence-electron chi connectivity index (χ4n) is 2.03. The summed E-state index contributed by atoms with van der Waals surface area (Å²) in [6, 6.07) is 0.254. The summed E-state index contributed by atoms with van der Waals surface area (Å²) in [6.45, 7) is 5.69. The number of nitrogens with two attached hydrogens (primary N) is 1. The monoisotopic (exact) mass is 220 g/mol. The van der Waals surface area contributed by atoms with E-state index in [1.807, 2.05) is 18.7 Å². The van der Waals surface area contributed by atoms with Gasteiger partial charge in [0.15, 0.2) is 0 Å². The maximum Gasteiger partial charge on any atom is 0.225 e. The van der Waals surface area contributed by atoms with Crippen LogP contribution in [0.2, 0.25) is 0 Å². The van der Waals surface area contributed by atoms with Crippen molar-refractivity contribution < 1.29 is 4.79 Å². The lowest BCUT2D eigenvalue weighted by molar-refractivity contribution is -0.134.